The topological polar surface area (TPSA) is 47.0 Å². The molecule has 1 heterocycles. The Balaban J connectivity index is 2.02. The Morgan fingerprint density at radius 2 is 2.05 bits per heavy atom. The van der Waals surface area contributed by atoms with E-state index in [9.17, 15) is 0 Å². The molecule has 112 valence electrons. The first-order valence-electron chi connectivity index (χ1n) is 7.54. The quantitative estimate of drug-likeness (QED) is 0.635. The lowest BCUT2D eigenvalue weighted by Gasteiger charge is -2.26. The molecule has 0 unspecified atom stereocenters. The van der Waals surface area contributed by atoms with Crippen molar-refractivity contribution < 1.29 is 4.74 Å². The van der Waals surface area contributed by atoms with E-state index in [1.54, 1.807) is 11.8 Å². The van der Waals surface area contributed by atoms with Crippen LogP contribution < -0.4 is 10.1 Å². The van der Waals surface area contributed by atoms with Gasteiger partial charge in [-0.05, 0) is 44.3 Å². The van der Waals surface area contributed by atoms with Gasteiger partial charge in [-0.2, -0.15) is 4.98 Å². The first-order chi connectivity index (χ1) is 9.71. The van der Waals surface area contributed by atoms with Gasteiger partial charge in [0.25, 0.3) is 0 Å². The van der Waals surface area contributed by atoms with Crippen molar-refractivity contribution >= 4 is 17.6 Å². The first-order valence-corrected chi connectivity index (χ1v) is 8.77. The molecule has 1 saturated carbocycles. The Morgan fingerprint density at radius 1 is 1.30 bits per heavy atom. The maximum atomic E-state index is 6.06. The third-order valence-electron chi connectivity index (χ3n) is 3.67. The van der Waals surface area contributed by atoms with E-state index >= 15 is 0 Å². The Morgan fingerprint density at radius 3 is 2.70 bits per heavy atom. The molecule has 2 rings (SSSR count). The normalized spacial score (nSPS) is 22.6. The fraction of sp³-hybridized carbons (Fsp3) is 0.733. The molecule has 1 aromatic heterocycles. The molecule has 0 spiro atoms. The summed E-state index contributed by atoms with van der Waals surface area (Å²) in [6, 6.07) is 1.92. The predicted molar refractivity (Wildman–Crippen MR) is 84.6 cm³/mol. The highest BCUT2D eigenvalue weighted by molar-refractivity contribution is 7.98. The summed E-state index contributed by atoms with van der Waals surface area (Å²) in [7, 11) is 0. The zero-order valence-corrected chi connectivity index (χ0v) is 13.5. The van der Waals surface area contributed by atoms with Crippen LogP contribution in [0.4, 0.5) is 5.82 Å². The fourth-order valence-corrected chi connectivity index (χ4v) is 2.79. The van der Waals surface area contributed by atoms with Crippen LogP contribution in [0.2, 0.25) is 0 Å². The molecular formula is C15H25N3OS. The van der Waals surface area contributed by atoms with Crippen molar-refractivity contribution in [3.05, 3.63) is 6.07 Å². The average Bonchev–Trinajstić information content (AvgIpc) is 2.47. The van der Waals surface area contributed by atoms with Crippen molar-refractivity contribution in [3.63, 3.8) is 0 Å². The van der Waals surface area contributed by atoms with Crippen molar-refractivity contribution in [2.75, 3.05) is 18.1 Å². The van der Waals surface area contributed by atoms with Gasteiger partial charge in [0.15, 0.2) is 5.16 Å². The highest BCUT2D eigenvalue weighted by Crippen LogP contribution is 2.28. The van der Waals surface area contributed by atoms with Gasteiger partial charge in [-0.15, -0.1) is 0 Å². The summed E-state index contributed by atoms with van der Waals surface area (Å²) in [5.74, 6) is 2.41. The van der Waals surface area contributed by atoms with Crippen molar-refractivity contribution in [1.82, 2.24) is 9.97 Å². The minimum Gasteiger partial charge on any atom is -0.474 e. The Hall–Kier alpha value is -0.970. The Bertz CT molecular complexity index is 420. The minimum absolute atomic E-state index is 0.315. The van der Waals surface area contributed by atoms with E-state index in [1.807, 2.05) is 12.3 Å². The van der Waals surface area contributed by atoms with Crippen LogP contribution >= 0.6 is 11.8 Å². The molecule has 1 aromatic rings. The number of aromatic nitrogens is 2. The molecule has 0 aliphatic heterocycles. The van der Waals surface area contributed by atoms with Gasteiger partial charge in [0, 0.05) is 12.6 Å². The molecule has 1 aliphatic carbocycles. The molecule has 0 aromatic carbocycles. The molecule has 5 heteroatoms. The van der Waals surface area contributed by atoms with Crippen molar-refractivity contribution in [1.29, 1.82) is 0 Å². The summed E-state index contributed by atoms with van der Waals surface area (Å²) >= 11 is 1.55. The lowest BCUT2D eigenvalue weighted by molar-refractivity contribution is 0.129. The number of rotatable bonds is 6. The van der Waals surface area contributed by atoms with Gasteiger partial charge >= 0.3 is 0 Å². The highest BCUT2D eigenvalue weighted by Gasteiger charge is 2.20. The molecule has 4 nitrogen and oxygen atoms in total. The number of nitrogens with one attached hydrogen (secondary N) is 1. The molecular weight excluding hydrogens is 270 g/mol. The van der Waals surface area contributed by atoms with Crippen molar-refractivity contribution in [3.8, 4) is 5.88 Å². The van der Waals surface area contributed by atoms with E-state index in [-0.39, 0.29) is 0 Å². The van der Waals surface area contributed by atoms with Crippen molar-refractivity contribution in [2.24, 2.45) is 5.92 Å². The van der Waals surface area contributed by atoms with Gasteiger partial charge < -0.3 is 10.1 Å². The summed E-state index contributed by atoms with van der Waals surface area (Å²) in [5, 5.41) is 4.08. The molecule has 1 aliphatic rings. The molecule has 0 atom stereocenters. The van der Waals surface area contributed by atoms with E-state index in [1.165, 1.54) is 12.8 Å². The van der Waals surface area contributed by atoms with Gasteiger partial charge in [-0.1, -0.05) is 25.6 Å². The zero-order chi connectivity index (χ0) is 14.4. The van der Waals surface area contributed by atoms with E-state index in [0.717, 1.165) is 42.7 Å². The van der Waals surface area contributed by atoms with Gasteiger partial charge in [-0.3, -0.25) is 0 Å². The smallest absolute Gasteiger partial charge is 0.219 e. The summed E-state index contributed by atoms with van der Waals surface area (Å²) in [6.07, 6.45) is 8.17. The molecule has 0 amide bonds. The van der Waals surface area contributed by atoms with Crippen molar-refractivity contribution in [2.45, 2.75) is 57.2 Å². The largest absolute Gasteiger partial charge is 0.474 e. The second-order valence-electron chi connectivity index (χ2n) is 5.50. The van der Waals surface area contributed by atoms with Gasteiger partial charge in [0.2, 0.25) is 5.88 Å². The number of hydrogen-bond acceptors (Lipinski definition) is 5. The maximum absolute atomic E-state index is 6.06. The lowest BCUT2D eigenvalue weighted by atomic mass is 9.89. The van der Waals surface area contributed by atoms with Crippen LogP contribution in [0.1, 0.15) is 46.0 Å². The molecule has 1 N–H and O–H groups in total. The fourth-order valence-electron chi connectivity index (χ4n) is 2.42. The van der Waals surface area contributed by atoms with Crippen LogP contribution in [0.3, 0.4) is 0 Å². The molecule has 0 saturated heterocycles. The van der Waals surface area contributed by atoms with Crippen LogP contribution in [0.15, 0.2) is 11.2 Å². The lowest BCUT2D eigenvalue weighted by Crippen LogP contribution is -2.23. The average molecular weight is 295 g/mol. The van der Waals surface area contributed by atoms with Gasteiger partial charge in [-0.25, -0.2) is 4.98 Å². The van der Waals surface area contributed by atoms with E-state index in [4.69, 9.17) is 4.74 Å². The monoisotopic (exact) mass is 295 g/mol. The minimum atomic E-state index is 0.315. The van der Waals surface area contributed by atoms with E-state index < -0.39 is 0 Å². The van der Waals surface area contributed by atoms with Gasteiger partial charge in [0.05, 0.1) is 0 Å². The maximum Gasteiger partial charge on any atom is 0.219 e. The second kappa shape index (κ2) is 7.72. The number of thioether (sulfide) groups is 1. The van der Waals surface area contributed by atoms with E-state index in [2.05, 4.69) is 29.1 Å². The Labute approximate surface area is 126 Å². The SMILES string of the molecule is CCCNc1cc(OC2CCC(C)CC2)nc(SC)n1. The molecule has 1 fully saturated rings. The number of nitrogens with zero attached hydrogens (tertiary/aromatic N) is 2. The number of ether oxygens (including phenoxy) is 1. The van der Waals surface area contributed by atoms with Crippen LogP contribution in [0.5, 0.6) is 5.88 Å². The summed E-state index contributed by atoms with van der Waals surface area (Å²) in [4.78, 5) is 8.92. The highest BCUT2D eigenvalue weighted by atomic mass is 32.2. The number of anilines is 1. The van der Waals surface area contributed by atoms with Crippen LogP contribution in [-0.2, 0) is 0 Å². The standard InChI is InChI=1S/C15H25N3OS/c1-4-9-16-13-10-14(18-15(17-13)20-3)19-12-7-5-11(2)6-8-12/h10-12H,4-9H2,1-3H3,(H,16,17,18). The number of hydrogen-bond donors (Lipinski definition) is 1. The third kappa shape index (κ3) is 4.54. The second-order valence-corrected chi connectivity index (χ2v) is 6.28. The van der Waals surface area contributed by atoms with Gasteiger partial charge in [0.1, 0.15) is 11.9 Å². The zero-order valence-electron chi connectivity index (χ0n) is 12.7. The predicted octanol–water partition coefficient (Wildman–Crippen LogP) is 3.98. The molecule has 20 heavy (non-hydrogen) atoms. The third-order valence-corrected chi connectivity index (χ3v) is 4.22. The summed E-state index contributed by atoms with van der Waals surface area (Å²) in [6.45, 7) is 5.38. The van der Waals surface area contributed by atoms with Crippen LogP contribution in [0.25, 0.3) is 0 Å². The molecule has 0 bridgehead atoms. The first kappa shape index (κ1) is 15.4. The Kier molecular flexibility index (Phi) is 5.95. The summed E-state index contributed by atoms with van der Waals surface area (Å²) < 4.78 is 6.06. The van der Waals surface area contributed by atoms with Crippen LogP contribution in [0, 0.1) is 5.92 Å². The van der Waals surface area contributed by atoms with E-state index in [0.29, 0.717) is 12.0 Å². The van der Waals surface area contributed by atoms with Crippen LogP contribution in [-0.4, -0.2) is 28.9 Å². The molecule has 0 radical (unpaired) electrons. The summed E-state index contributed by atoms with van der Waals surface area (Å²) in [5.41, 5.74) is 0.